The Balaban J connectivity index is 0.967. The third-order valence-corrected chi connectivity index (χ3v) is 12.7. The van der Waals surface area contributed by atoms with E-state index in [-0.39, 0.29) is 42.2 Å². The van der Waals surface area contributed by atoms with Gasteiger partial charge in [-0.05, 0) is 76.6 Å². The van der Waals surface area contributed by atoms with Gasteiger partial charge in [-0.3, -0.25) is 9.59 Å². The summed E-state index contributed by atoms with van der Waals surface area (Å²) < 4.78 is 9.52. The second-order valence-corrected chi connectivity index (χ2v) is 17.3. The van der Waals surface area contributed by atoms with Gasteiger partial charge < -0.3 is 45.6 Å². The van der Waals surface area contributed by atoms with E-state index >= 15 is 0 Å². The SMILES string of the molecule is CC[C@H](NC(=O)OC)C(=O)N1C[C@@](N)(C#N)C[C@H]1c1ncc(-c2ccc(-c3ccc4cc(-c5cnc([C@@H]6CC7(CC7)CN6C(=O)[C@@H](NC(=O)OC)C(C)C)[nH]5)ccc4c3)cc2)[nH]1. The molecular formula is C46H52N10O6. The van der Waals surface area contributed by atoms with Crippen LogP contribution in [0.5, 0.6) is 0 Å². The predicted molar refractivity (Wildman–Crippen MR) is 231 cm³/mol. The molecule has 5 aromatic rings. The highest BCUT2D eigenvalue weighted by atomic mass is 16.5. The Hall–Kier alpha value is -6.73. The first-order valence-electron chi connectivity index (χ1n) is 21.0. The lowest BCUT2D eigenvalue weighted by atomic mass is 9.98. The van der Waals surface area contributed by atoms with Crippen molar-refractivity contribution in [2.45, 2.75) is 82.6 Å². The van der Waals surface area contributed by atoms with Crippen LogP contribution >= 0.6 is 0 Å². The van der Waals surface area contributed by atoms with Crippen molar-refractivity contribution in [3.05, 3.63) is 84.7 Å². The number of nitrogens with one attached hydrogen (secondary N) is 4. The standard InChI is InChI=1S/C46H52N10O6/c1-6-33(53-43(59)61-4)41(57)56-25-46(48,23-47)20-37(56)40-49-21-34(51-40)28-9-7-27(8-10-28)29-11-12-31-18-32(14-13-30(31)17-29)35-22-50-39(52-35)36-19-45(15-16-45)24-55(36)42(58)38(26(2)3)54-44(60)62-5/h7-14,17-18,21-22,26,33,36-38H,6,15-16,19-20,24-25,48H2,1-5H3,(H,49,51)(H,50,52)(H,53,59)(H,54,60)/t33-,36-,37-,38-,46-/m0/s1. The molecule has 62 heavy (non-hydrogen) atoms. The van der Waals surface area contributed by atoms with E-state index in [2.05, 4.69) is 68.1 Å². The highest BCUT2D eigenvalue weighted by Gasteiger charge is 2.55. The number of amides is 4. The molecule has 2 aliphatic heterocycles. The summed E-state index contributed by atoms with van der Waals surface area (Å²) in [5.74, 6) is 0.637. The van der Waals surface area contributed by atoms with Crippen LogP contribution in [0.4, 0.5) is 9.59 Å². The van der Waals surface area contributed by atoms with Crippen LogP contribution in [0.2, 0.25) is 0 Å². The smallest absolute Gasteiger partial charge is 0.407 e. The van der Waals surface area contributed by atoms with E-state index in [0.717, 1.165) is 69.5 Å². The summed E-state index contributed by atoms with van der Waals surface area (Å²) in [4.78, 5) is 71.3. The number of nitrogens with two attached hydrogens (primary N) is 1. The average Bonchev–Trinajstić information content (AvgIpc) is 3.74. The van der Waals surface area contributed by atoms with Crippen molar-refractivity contribution in [1.82, 2.24) is 40.4 Å². The van der Waals surface area contributed by atoms with Gasteiger partial charge in [0.1, 0.15) is 29.3 Å². The number of aromatic amines is 2. The van der Waals surface area contributed by atoms with Gasteiger partial charge in [0, 0.05) is 18.5 Å². The molecule has 16 nitrogen and oxygen atoms in total. The van der Waals surface area contributed by atoms with E-state index in [1.165, 1.54) is 19.1 Å². The maximum Gasteiger partial charge on any atom is 0.407 e. The Morgan fingerprint density at radius 1 is 0.790 bits per heavy atom. The number of aromatic nitrogens is 4. The molecule has 322 valence electrons. The minimum absolute atomic E-state index is 0.00365. The van der Waals surface area contributed by atoms with Gasteiger partial charge in [-0.2, -0.15) is 5.26 Å². The minimum Gasteiger partial charge on any atom is -0.453 e. The molecule has 1 aliphatic carbocycles. The largest absolute Gasteiger partial charge is 0.453 e. The topological polar surface area (TPSA) is 224 Å². The summed E-state index contributed by atoms with van der Waals surface area (Å²) in [6.45, 7) is 6.25. The zero-order chi connectivity index (χ0) is 43.9. The molecule has 2 aromatic heterocycles. The van der Waals surface area contributed by atoms with Crippen molar-refractivity contribution in [2.24, 2.45) is 17.1 Å². The molecule has 0 bridgehead atoms. The maximum absolute atomic E-state index is 13.9. The van der Waals surface area contributed by atoms with E-state index < -0.39 is 35.9 Å². The van der Waals surface area contributed by atoms with Gasteiger partial charge in [-0.1, -0.05) is 69.3 Å². The van der Waals surface area contributed by atoms with Gasteiger partial charge in [0.25, 0.3) is 0 Å². The van der Waals surface area contributed by atoms with Crippen molar-refractivity contribution in [1.29, 1.82) is 5.26 Å². The van der Waals surface area contributed by atoms with Gasteiger partial charge in [0.2, 0.25) is 11.8 Å². The predicted octanol–water partition coefficient (Wildman–Crippen LogP) is 6.35. The lowest BCUT2D eigenvalue weighted by molar-refractivity contribution is -0.136. The average molecular weight is 841 g/mol. The van der Waals surface area contributed by atoms with Gasteiger partial charge in [0.15, 0.2) is 0 Å². The second-order valence-electron chi connectivity index (χ2n) is 17.3. The van der Waals surface area contributed by atoms with E-state index in [1.54, 1.807) is 13.1 Å². The van der Waals surface area contributed by atoms with Crippen LogP contribution in [-0.4, -0.2) is 98.7 Å². The number of carbonyl (C=O) groups is 4. The number of hydrogen-bond acceptors (Lipinski definition) is 10. The molecule has 5 atom stereocenters. The molecule has 0 radical (unpaired) electrons. The number of ether oxygens (including phenoxy) is 2. The number of likely N-dealkylation sites (tertiary alicyclic amines) is 2. The summed E-state index contributed by atoms with van der Waals surface area (Å²) in [5.41, 5.74) is 10.8. The lowest BCUT2D eigenvalue weighted by Gasteiger charge is -2.30. The number of H-pyrrole nitrogens is 2. The third kappa shape index (κ3) is 8.19. The minimum atomic E-state index is -1.27. The normalized spacial score (nSPS) is 21.1. The molecule has 0 unspecified atom stereocenters. The van der Waals surface area contributed by atoms with E-state index in [4.69, 9.17) is 20.2 Å². The Kier molecular flexibility index (Phi) is 11.3. The summed E-state index contributed by atoms with van der Waals surface area (Å²) in [5, 5.41) is 17.3. The van der Waals surface area contributed by atoms with Crippen LogP contribution in [0.1, 0.15) is 76.6 Å². The number of benzene rings is 3. The highest BCUT2D eigenvalue weighted by molar-refractivity contribution is 5.91. The fourth-order valence-corrected chi connectivity index (χ4v) is 8.92. The number of rotatable bonds is 11. The molecule has 1 spiro atoms. The van der Waals surface area contributed by atoms with Crippen LogP contribution in [0.25, 0.3) is 44.4 Å². The quantitative estimate of drug-likeness (QED) is 0.0991. The van der Waals surface area contributed by atoms with Crippen LogP contribution in [0.3, 0.4) is 0 Å². The number of methoxy groups -OCH3 is 2. The molecule has 3 fully saturated rings. The Labute approximate surface area is 359 Å². The van der Waals surface area contributed by atoms with Crippen molar-refractivity contribution < 1.29 is 28.7 Å². The maximum atomic E-state index is 13.9. The molecule has 3 aromatic carbocycles. The molecule has 1 saturated carbocycles. The summed E-state index contributed by atoms with van der Waals surface area (Å²) in [7, 11) is 2.53. The zero-order valence-electron chi connectivity index (χ0n) is 35.5. The van der Waals surface area contributed by atoms with Gasteiger partial charge >= 0.3 is 12.2 Å². The second kappa shape index (κ2) is 16.6. The van der Waals surface area contributed by atoms with Crippen LogP contribution < -0.4 is 16.4 Å². The third-order valence-electron chi connectivity index (χ3n) is 12.7. The van der Waals surface area contributed by atoms with Gasteiger partial charge in [-0.15, -0.1) is 0 Å². The monoisotopic (exact) mass is 840 g/mol. The first-order valence-corrected chi connectivity index (χ1v) is 21.0. The molecule has 16 heteroatoms. The molecule has 4 heterocycles. The number of alkyl carbamates (subject to hydrolysis) is 2. The number of imidazole rings is 2. The summed E-state index contributed by atoms with van der Waals surface area (Å²) in [6, 6.07) is 20.6. The fraction of sp³-hybridized carbons (Fsp3) is 0.413. The van der Waals surface area contributed by atoms with E-state index in [0.29, 0.717) is 18.8 Å². The number of nitrogens with zero attached hydrogens (tertiary/aromatic N) is 5. The van der Waals surface area contributed by atoms with Crippen molar-refractivity contribution in [3.8, 4) is 39.7 Å². The van der Waals surface area contributed by atoms with E-state index in [9.17, 15) is 24.4 Å². The zero-order valence-corrected chi connectivity index (χ0v) is 35.5. The molecule has 2 saturated heterocycles. The molecular weight excluding hydrogens is 789 g/mol. The van der Waals surface area contributed by atoms with Gasteiger partial charge in [0.05, 0.1) is 62.7 Å². The molecule has 4 amide bonds. The van der Waals surface area contributed by atoms with Crippen LogP contribution in [0.15, 0.2) is 73.1 Å². The Morgan fingerprint density at radius 3 is 1.90 bits per heavy atom. The number of nitriles is 1. The number of fused-ring (bicyclic) bond motifs is 1. The number of carbonyl (C=O) groups excluding carboxylic acids is 4. The highest BCUT2D eigenvalue weighted by Crippen LogP contribution is 2.58. The van der Waals surface area contributed by atoms with Crippen molar-refractivity contribution >= 4 is 34.8 Å². The summed E-state index contributed by atoms with van der Waals surface area (Å²) >= 11 is 0. The van der Waals surface area contributed by atoms with E-state index in [1.807, 2.05) is 49.2 Å². The first kappa shape index (κ1) is 42.0. The van der Waals surface area contributed by atoms with Crippen LogP contribution in [0, 0.1) is 22.7 Å². The summed E-state index contributed by atoms with van der Waals surface area (Å²) in [6.07, 6.45) is 5.68. The Morgan fingerprint density at radius 2 is 1.32 bits per heavy atom. The van der Waals surface area contributed by atoms with Crippen LogP contribution in [-0.2, 0) is 19.1 Å². The fourth-order valence-electron chi connectivity index (χ4n) is 8.92. The Bertz CT molecular complexity index is 2560. The van der Waals surface area contributed by atoms with Crippen molar-refractivity contribution in [3.63, 3.8) is 0 Å². The van der Waals surface area contributed by atoms with Gasteiger partial charge in [-0.25, -0.2) is 19.6 Å². The molecule has 3 aliphatic rings. The van der Waals surface area contributed by atoms with Crippen molar-refractivity contribution in [2.75, 3.05) is 27.3 Å². The molecule has 8 rings (SSSR count). The first-order chi connectivity index (χ1) is 29.8. The molecule has 6 N–H and O–H groups in total. The number of hydrogen-bond donors (Lipinski definition) is 5. The lowest BCUT2D eigenvalue weighted by Crippen LogP contribution is -2.51.